The van der Waals surface area contributed by atoms with Crippen molar-refractivity contribution in [1.82, 2.24) is 10.2 Å². The van der Waals surface area contributed by atoms with Crippen LogP contribution in [-0.2, 0) is 6.54 Å². The van der Waals surface area contributed by atoms with Crippen molar-refractivity contribution < 1.29 is 2.85 Å². The van der Waals surface area contributed by atoms with Crippen molar-refractivity contribution in [2.75, 3.05) is 26.7 Å². The topological polar surface area (TPSA) is 15.3 Å². The molecule has 1 saturated heterocycles. The summed E-state index contributed by atoms with van der Waals surface area (Å²) < 4.78 is 0. The average Bonchev–Trinajstić information content (AvgIpc) is 2.78. The molecule has 0 amide bonds. The van der Waals surface area contributed by atoms with Gasteiger partial charge in [0.15, 0.2) is 0 Å². The molecular weight excluding hydrogens is 280 g/mol. The zero-order chi connectivity index (χ0) is 17.5. The Morgan fingerprint density at radius 1 is 1.22 bits per heavy atom. The van der Waals surface area contributed by atoms with Gasteiger partial charge >= 0.3 is 0 Å². The summed E-state index contributed by atoms with van der Waals surface area (Å²) >= 11 is 0. The van der Waals surface area contributed by atoms with E-state index < -0.39 is 0 Å². The van der Waals surface area contributed by atoms with Crippen LogP contribution >= 0.6 is 0 Å². The molecule has 1 unspecified atom stereocenters. The van der Waals surface area contributed by atoms with Gasteiger partial charge in [0, 0.05) is 9.40 Å². The zero-order valence-electron chi connectivity index (χ0n) is 16.5. The molecular formula is C21H44N2. The second-order valence-corrected chi connectivity index (χ2v) is 6.51. The maximum Gasteiger partial charge on any atom is 0.0230 e. The highest BCUT2D eigenvalue weighted by Gasteiger charge is 2.04. The van der Waals surface area contributed by atoms with Gasteiger partial charge in [-0.1, -0.05) is 57.5 Å². The van der Waals surface area contributed by atoms with Crippen LogP contribution in [0, 0.1) is 12.8 Å². The predicted molar refractivity (Wildman–Crippen MR) is 109 cm³/mol. The molecule has 138 valence electrons. The molecule has 0 aliphatic carbocycles. The largest absolute Gasteiger partial charge is 0.317 e. The summed E-state index contributed by atoms with van der Waals surface area (Å²) in [6, 6.07) is 8.72. The lowest BCUT2D eigenvalue weighted by Crippen LogP contribution is -2.18. The van der Waals surface area contributed by atoms with E-state index in [1.54, 1.807) is 0 Å². The summed E-state index contributed by atoms with van der Waals surface area (Å²) in [6.07, 6.45) is 5.40. The molecule has 23 heavy (non-hydrogen) atoms. The van der Waals surface area contributed by atoms with Crippen LogP contribution < -0.4 is 5.32 Å². The van der Waals surface area contributed by atoms with Crippen LogP contribution in [-0.4, -0.2) is 31.6 Å². The van der Waals surface area contributed by atoms with Gasteiger partial charge in [-0.25, -0.2) is 0 Å². The standard InChI is InChI=1S/C12H19N.C7H15N.C2H6.2H2/c1-4-8-13(3)10-12-7-5-6-11(2)9-12;1-7-3-2-5-8-6-4-7;1-2;;/h5-7,9H,4,8,10H2,1-3H3;7-8H,2-6H2,1H3;1-2H3;2*1H. The summed E-state index contributed by atoms with van der Waals surface area (Å²) in [5.41, 5.74) is 2.76. The summed E-state index contributed by atoms with van der Waals surface area (Å²) in [7, 11) is 2.17. The van der Waals surface area contributed by atoms with Gasteiger partial charge in [0.2, 0.25) is 0 Å². The van der Waals surface area contributed by atoms with E-state index in [2.05, 4.69) is 62.3 Å². The van der Waals surface area contributed by atoms with E-state index in [-0.39, 0.29) is 2.85 Å². The molecule has 0 bridgehead atoms. The van der Waals surface area contributed by atoms with Gasteiger partial charge < -0.3 is 10.2 Å². The van der Waals surface area contributed by atoms with Crippen LogP contribution in [0.4, 0.5) is 0 Å². The number of hydrogen-bond acceptors (Lipinski definition) is 2. The Labute approximate surface area is 148 Å². The summed E-state index contributed by atoms with van der Waals surface area (Å²) in [6.45, 7) is 15.4. The zero-order valence-corrected chi connectivity index (χ0v) is 16.5. The van der Waals surface area contributed by atoms with Crippen molar-refractivity contribution in [3.05, 3.63) is 35.4 Å². The van der Waals surface area contributed by atoms with E-state index in [1.165, 1.54) is 56.4 Å². The summed E-state index contributed by atoms with van der Waals surface area (Å²) in [5, 5.41) is 3.38. The maximum atomic E-state index is 3.38. The van der Waals surface area contributed by atoms with Crippen molar-refractivity contribution in [3.8, 4) is 0 Å². The van der Waals surface area contributed by atoms with Crippen molar-refractivity contribution in [2.24, 2.45) is 5.92 Å². The molecule has 0 aromatic heterocycles. The maximum absolute atomic E-state index is 3.38. The van der Waals surface area contributed by atoms with E-state index in [0.29, 0.717) is 0 Å². The number of nitrogens with one attached hydrogen (secondary N) is 1. The van der Waals surface area contributed by atoms with Crippen LogP contribution in [0.25, 0.3) is 0 Å². The molecule has 2 rings (SSSR count). The highest BCUT2D eigenvalue weighted by Crippen LogP contribution is 2.10. The van der Waals surface area contributed by atoms with E-state index in [0.717, 1.165) is 12.5 Å². The molecule has 1 atom stereocenters. The van der Waals surface area contributed by atoms with E-state index in [4.69, 9.17) is 0 Å². The number of nitrogens with zero attached hydrogens (tertiary/aromatic N) is 1. The fourth-order valence-electron chi connectivity index (χ4n) is 2.78. The fourth-order valence-corrected chi connectivity index (χ4v) is 2.78. The predicted octanol–water partition coefficient (Wildman–Crippen LogP) is 5.75. The Kier molecular flexibility index (Phi) is 14.2. The second kappa shape index (κ2) is 14.7. The van der Waals surface area contributed by atoms with Crippen LogP contribution in [0.3, 0.4) is 0 Å². The van der Waals surface area contributed by atoms with Crippen molar-refractivity contribution in [1.29, 1.82) is 0 Å². The van der Waals surface area contributed by atoms with Crippen molar-refractivity contribution in [2.45, 2.75) is 66.8 Å². The molecule has 1 aliphatic heterocycles. The molecule has 1 aliphatic rings. The number of hydrogen-bond donors (Lipinski definition) is 1. The van der Waals surface area contributed by atoms with Gasteiger partial charge in [-0.2, -0.15) is 0 Å². The second-order valence-electron chi connectivity index (χ2n) is 6.51. The van der Waals surface area contributed by atoms with Crippen molar-refractivity contribution >= 4 is 0 Å². The minimum atomic E-state index is 0. The van der Waals surface area contributed by atoms with E-state index in [9.17, 15) is 0 Å². The lowest BCUT2D eigenvalue weighted by Gasteiger charge is -2.15. The molecule has 0 spiro atoms. The molecule has 1 heterocycles. The first-order valence-electron chi connectivity index (χ1n) is 9.56. The molecule has 1 aromatic rings. The Morgan fingerprint density at radius 3 is 2.61 bits per heavy atom. The molecule has 1 N–H and O–H groups in total. The lowest BCUT2D eigenvalue weighted by atomic mass is 10.0. The number of aryl methyl sites for hydroxylation is 1. The lowest BCUT2D eigenvalue weighted by molar-refractivity contribution is 0.327. The Bertz CT molecular complexity index is 378. The third-order valence-corrected chi connectivity index (χ3v) is 4.00. The molecule has 2 nitrogen and oxygen atoms in total. The minimum absolute atomic E-state index is 0. The van der Waals surface area contributed by atoms with Crippen LogP contribution in [0.15, 0.2) is 24.3 Å². The van der Waals surface area contributed by atoms with Crippen molar-refractivity contribution in [3.63, 3.8) is 0 Å². The normalized spacial score (nSPS) is 17.4. The van der Waals surface area contributed by atoms with Crippen LogP contribution in [0.1, 0.15) is 67.4 Å². The van der Waals surface area contributed by atoms with Gasteiger partial charge in [0.05, 0.1) is 0 Å². The minimum Gasteiger partial charge on any atom is -0.317 e. The van der Waals surface area contributed by atoms with Gasteiger partial charge in [-0.15, -0.1) is 0 Å². The smallest absolute Gasteiger partial charge is 0.0230 e. The third-order valence-electron chi connectivity index (χ3n) is 4.00. The van der Waals surface area contributed by atoms with Gasteiger partial charge in [0.1, 0.15) is 0 Å². The van der Waals surface area contributed by atoms with E-state index >= 15 is 0 Å². The van der Waals surface area contributed by atoms with E-state index in [1.807, 2.05) is 13.8 Å². The average molecular weight is 325 g/mol. The number of rotatable bonds is 4. The monoisotopic (exact) mass is 324 g/mol. The quantitative estimate of drug-likeness (QED) is 0.758. The molecule has 1 aromatic carbocycles. The molecule has 0 saturated carbocycles. The molecule has 2 heteroatoms. The van der Waals surface area contributed by atoms with Gasteiger partial charge in [-0.05, 0) is 70.8 Å². The van der Waals surface area contributed by atoms with Gasteiger partial charge in [-0.3, -0.25) is 0 Å². The fraction of sp³-hybridized carbons (Fsp3) is 0.714. The summed E-state index contributed by atoms with van der Waals surface area (Å²) in [5.74, 6) is 0.963. The third kappa shape index (κ3) is 12.3. The van der Waals surface area contributed by atoms with Crippen LogP contribution in [0.5, 0.6) is 0 Å². The van der Waals surface area contributed by atoms with Crippen LogP contribution in [0.2, 0.25) is 0 Å². The SMILES string of the molecule is CC.CC1CCCNCC1.CCCN(C)Cc1cccc(C)c1.[HH].[HH]. The Hall–Kier alpha value is -0.860. The molecule has 1 fully saturated rings. The summed E-state index contributed by atoms with van der Waals surface area (Å²) in [4.78, 5) is 2.36. The highest BCUT2D eigenvalue weighted by atomic mass is 15.1. The van der Waals surface area contributed by atoms with Gasteiger partial charge in [0.25, 0.3) is 0 Å². The first-order chi connectivity index (χ1) is 11.1. The Balaban J connectivity index is -0.000000351. The number of benzene rings is 1. The highest BCUT2D eigenvalue weighted by molar-refractivity contribution is 5.21. The molecule has 0 radical (unpaired) electrons. The first kappa shape index (κ1) is 22.1. The first-order valence-corrected chi connectivity index (χ1v) is 9.56. The Morgan fingerprint density at radius 2 is 1.96 bits per heavy atom.